The van der Waals surface area contributed by atoms with Crippen molar-refractivity contribution in [2.75, 3.05) is 4.90 Å². The van der Waals surface area contributed by atoms with Crippen LogP contribution in [-0.2, 0) is 11.8 Å². The third-order valence-corrected chi connectivity index (χ3v) is 4.47. The van der Waals surface area contributed by atoms with Crippen LogP contribution in [0.2, 0.25) is 0 Å². The number of rotatable bonds is 2. The number of benzene rings is 2. The van der Waals surface area contributed by atoms with Gasteiger partial charge in [0.25, 0.3) is 0 Å². The lowest BCUT2D eigenvalue weighted by Crippen LogP contribution is -2.24. The van der Waals surface area contributed by atoms with Gasteiger partial charge in [-0.3, -0.25) is 4.79 Å². The fourth-order valence-corrected chi connectivity index (χ4v) is 3.24. The van der Waals surface area contributed by atoms with Gasteiger partial charge in [0.05, 0.1) is 0 Å². The normalized spacial score (nSPS) is 17.5. The molecule has 1 aliphatic rings. The molecule has 0 N–H and O–H groups in total. The van der Waals surface area contributed by atoms with Crippen molar-refractivity contribution in [3.05, 3.63) is 59.2 Å². The van der Waals surface area contributed by atoms with Gasteiger partial charge in [0.15, 0.2) is 0 Å². The number of fused-ring (bicyclic) bond motifs is 1. The lowest BCUT2D eigenvalue weighted by Gasteiger charge is -2.26. The lowest BCUT2D eigenvalue weighted by molar-refractivity contribution is 0.112. The number of aldehydes is 1. The van der Waals surface area contributed by atoms with Crippen molar-refractivity contribution < 1.29 is 4.79 Å². The summed E-state index contributed by atoms with van der Waals surface area (Å²) in [5, 5.41) is 0. The first-order valence-electron chi connectivity index (χ1n) is 7.88. The largest absolute Gasteiger partial charge is 0.338 e. The van der Waals surface area contributed by atoms with Crippen molar-refractivity contribution in [3.8, 4) is 0 Å². The molecule has 1 aliphatic heterocycles. The summed E-state index contributed by atoms with van der Waals surface area (Å²) in [5.74, 6) is 0. The summed E-state index contributed by atoms with van der Waals surface area (Å²) < 4.78 is 0. The van der Waals surface area contributed by atoms with E-state index in [1.807, 2.05) is 12.1 Å². The molecular formula is C20H23NO. The summed E-state index contributed by atoms with van der Waals surface area (Å²) in [4.78, 5) is 13.3. The Morgan fingerprint density at radius 1 is 1.09 bits per heavy atom. The van der Waals surface area contributed by atoms with Crippen molar-refractivity contribution in [2.24, 2.45) is 0 Å². The molecule has 1 atom stereocenters. The molecule has 0 saturated heterocycles. The number of nitrogens with zero attached hydrogens (tertiary/aromatic N) is 1. The van der Waals surface area contributed by atoms with Gasteiger partial charge >= 0.3 is 0 Å². The molecular weight excluding hydrogens is 270 g/mol. The SMILES string of the molecule is CC1Cc2cc(C=O)ccc2N1c1ccc(C(C)(C)C)cc1. The summed E-state index contributed by atoms with van der Waals surface area (Å²) in [7, 11) is 0. The van der Waals surface area contributed by atoms with E-state index in [1.54, 1.807) is 0 Å². The zero-order valence-electron chi connectivity index (χ0n) is 13.8. The molecule has 2 heteroatoms. The minimum atomic E-state index is 0.173. The van der Waals surface area contributed by atoms with Gasteiger partial charge in [0.1, 0.15) is 6.29 Å². The molecule has 0 aromatic heterocycles. The predicted molar refractivity (Wildman–Crippen MR) is 92.3 cm³/mol. The summed E-state index contributed by atoms with van der Waals surface area (Å²) in [6, 6.07) is 15.3. The van der Waals surface area contributed by atoms with Crippen LogP contribution in [0.3, 0.4) is 0 Å². The van der Waals surface area contributed by atoms with Crippen LogP contribution in [0.25, 0.3) is 0 Å². The molecule has 0 spiro atoms. The molecule has 0 bridgehead atoms. The van der Waals surface area contributed by atoms with Gasteiger partial charge in [0, 0.05) is 23.0 Å². The molecule has 2 aromatic carbocycles. The van der Waals surface area contributed by atoms with Gasteiger partial charge in [-0.1, -0.05) is 32.9 Å². The second kappa shape index (κ2) is 5.28. The van der Waals surface area contributed by atoms with Crippen molar-refractivity contribution in [1.29, 1.82) is 0 Å². The maximum atomic E-state index is 11.0. The van der Waals surface area contributed by atoms with Crippen molar-refractivity contribution in [2.45, 2.75) is 45.6 Å². The van der Waals surface area contributed by atoms with Crippen LogP contribution in [0.15, 0.2) is 42.5 Å². The van der Waals surface area contributed by atoms with Crippen molar-refractivity contribution >= 4 is 17.7 Å². The predicted octanol–water partition coefficient (Wildman–Crippen LogP) is 4.88. The van der Waals surface area contributed by atoms with Crippen LogP contribution in [-0.4, -0.2) is 12.3 Å². The van der Waals surface area contributed by atoms with Crippen molar-refractivity contribution in [1.82, 2.24) is 0 Å². The first-order valence-corrected chi connectivity index (χ1v) is 7.88. The Hall–Kier alpha value is -2.09. The first-order chi connectivity index (χ1) is 10.4. The number of hydrogen-bond donors (Lipinski definition) is 0. The molecule has 0 fully saturated rings. The molecule has 0 amide bonds. The quantitative estimate of drug-likeness (QED) is 0.736. The average molecular weight is 293 g/mol. The molecule has 0 aliphatic carbocycles. The minimum absolute atomic E-state index is 0.173. The third kappa shape index (κ3) is 2.54. The summed E-state index contributed by atoms with van der Waals surface area (Å²) in [6.45, 7) is 8.93. The second-order valence-corrected chi connectivity index (χ2v) is 7.23. The van der Waals surface area contributed by atoms with Gasteiger partial charge in [0.2, 0.25) is 0 Å². The van der Waals surface area contributed by atoms with E-state index in [4.69, 9.17) is 0 Å². The minimum Gasteiger partial charge on any atom is -0.338 e. The van der Waals surface area contributed by atoms with Gasteiger partial charge < -0.3 is 4.90 Å². The molecule has 0 radical (unpaired) electrons. The van der Waals surface area contributed by atoms with Crippen LogP contribution in [0.1, 0.15) is 49.2 Å². The number of carbonyl (C=O) groups excluding carboxylic acids is 1. The summed E-state index contributed by atoms with van der Waals surface area (Å²) >= 11 is 0. The molecule has 0 saturated carbocycles. The third-order valence-electron chi connectivity index (χ3n) is 4.47. The van der Waals surface area contributed by atoms with E-state index in [-0.39, 0.29) is 5.41 Å². The highest BCUT2D eigenvalue weighted by Crippen LogP contribution is 2.39. The highest BCUT2D eigenvalue weighted by molar-refractivity contribution is 5.80. The second-order valence-electron chi connectivity index (χ2n) is 7.23. The fraction of sp³-hybridized carbons (Fsp3) is 0.350. The average Bonchev–Trinajstić information content (AvgIpc) is 2.81. The number of carbonyl (C=O) groups is 1. The summed E-state index contributed by atoms with van der Waals surface area (Å²) in [6.07, 6.45) is 1.91. The van der Waals surface area contributed by atoms with Gasteiger partial charge in [-0.05, 0) is 60.2 Å². The Labute approximate surface area is 132 Å². The van der Waals surface area contributed by atoms with E-state index in [1.165, 1.54) is 22.5 Å². The van der Waals surface area contributed by atoms with Crippen LogP contribution in [0.4, 0.5) is 11.4 Å². The topological polar surface area (TPSA) is 20.3 Å². The monoisotopic (exact) mass is 293 g/mol. The highest BCUT2D eigenvalue weighted by Gasteiger charge is 2.27. The standard InChI is InChI=1S/C20H23NO/c1-14-11-16-12-15(13-22)5-10-19(16)21(14)18-8-6-17(7-9-18)20(2,3)4/h5-10,12-14H,11H2,1-4H3. The Kier molecular flexibility index (Phi) is 3.56. The van der Waals surface area contributed by atoms with Gasteiger partial charge in [-0.2, -0.15) is 0 Å². The van der Waals surface area contributed by atoms with E-state index < -0.39 is 0 Å². The van der Waals surface area contributed by atoms with E-state index in [9.17, 15) is 4.79 Å². The zero-order chi connectivity index (χ0) is 15.9. The Morgan fingerprint density at radius 2 is 1.77 bits per heavy atom. The Balaban J connectivity index is 1.98. The number of anilines is 2. The lowest BCUT2D eigenvalue weighted by atomic mass is 9.87. The van der Waals surface area contributed by atoms with Gasteiger partial charge in [-0.15, -0.1) is 0 Å². The fourth-order valence-electron chi connectivity index (χ4n) is 3.24. The van der Waals surface area contributed by atoms with E-state index in [0.29, 0.717) is 6.04 Å². The number of hydrogen-bond acceptors (Lipinski definition) is 2. The Morgan fingerprint density at radius 3 is 2.36 bits per heavy atom. The molecule has 114 valence electrons. The first kappa shape index (κ1) is 14.8. The van der Waals surface area contributed by atoms with Crippen LogP contribution >= 0.6 is 0 Å². The van der Waals surface area contributed by atoms with Crippen LogP contribution in [0, 0.1) is 0 Å². The highest BCUT2D eigenvalue weighted by atomic mass is 16.1. The maximum Gasteiger partial charge on any atom is 0.150 e. The van der Waals surface area contributed by atoms with Crippen LogP contribution in [0.5, 0.6) is 0 Å². The van der Waals surface area contributed by atoms with E-state index in [0.717, 1.165) is 18.3 Å². The maximum absolute atomic E-state index is 11.0. The van der Waals surface area contributed by atoms with E-state index in [2.05, 4.69) is 62.9 Å². The Bertz CT molecular complexity index is 695. The van der Waals surface area contributed by atoms with E-state index >= 15 is 0 Å². The molecule has 22 heavy (non-hydrogen) atoms. The van der Waals surface area contributed by atoms with Crippen LogP contribution < -0.4 is 4.90 Å². The summed E-state index contributed by atoms with van der Waals surface area (Å²) in [5.41, 5.74) is 5.98. The zero-order valence-corrected chi connectivity index (χ0v) is 13.8. The molecule has 2 aromatic rings. The molecule has 1 unspecified atom stereocenters. The van der Waals surface area contributed by atoms with Gasteiger partial charge in [-0.25, -0.2) is 0 Å². The molecule has 3 rings (SSSR count). The smallest absolute Gasteiger partial charge is 0.150 e. The molecule has 2 nitrogen and oxygen atoms in total. The van der Waals surface area contributed by atoms with Crippen molar-refractivity contribution in [3.63, 3.8) is 0 Å². The molecule has 1 heterocycles.